The molecule has 0 spiro atoms. The molecule has 1 aromatic heterocycles. The number of thiazole rings is 1. The number of fused-ring (bicyclic) bond motifs is 1. The average molecular weight is 276 g/mol. The van der Waals surface area contributed by atoms with E-state index in [0.29, 0.717) is 0 Å². The van der Waals surface area contributed by atoms with Crippen LogP contribution in [0, 0.1) is 3.57 Å². The summed E-state index contributed by atoms with van der Waals surface area (Å²) in [6.07, 6.45) is 0. The third-order valence-corrected chi connectivity index (χ3v) is 3.59. The normalized spacial score (nSPS) is 10.6. The van der Waals surface area contributed by atoms with Crippen LogP contribution in [0.15, 0.2) is 17.6 Å². The van der Waals surface area contributed by atoms with Crippen molar-refractivity contribution in [3.63, 3.8) is 0 Å². The van der Waals surface area contributed by atoms with Crippen molar-refractivity contribution in [3.8, 4) is 0 Å². The Labute approximate surface area is 81.6 Å². The Balaban J connectivity index is 2.96. The minimum Gasteiger partial charge on any atom is -0.397 e. The lowest BCUT2D eigenvalue weighted by Crippen LogP contribution is -1.86. The molecule has 0 saturated heterocycles. The highest BCUT2D eigenvalue weighted by Gasteiger charge is 2.03. The average Bonchev–Trinajstić information content (AvgIpc) is 2.45. The van der Waals surface area contributed by atoms with Gasteiger partial charge in [0, 0.05) is 3.57 Å². The fourth-order valence-corrected chi connectivity index (χ4v) is 2.48. The van der Waals surface area contributed by atoms with E-state index in [2.05, 4.69) is 27.6 Å². The summed E-state index contributed by atoms with van der Waals surface area (Å²) in [5.41, 5.74) is 9.23. The molecule has 0 saturated carbocycles. The van der Waals surface area contributed by atoms with Gasteiger partial charge in [-0.25, -0.2) is 4.98 Å². The quantitative estimate of drug-likeness (QED) is 0.593. The predicted octanol–water partition coefficient (Wildman–Crippen LogP) is 2.48. The minimum atomic E-state index is 0.765. The highest BCUT2D eigenvalue weighted by Crippen LogP contribution is 2.27. The Morgan fingerprint density at radius 2 is 2.27 bits per heavy atom. The maximum Gasteiger partial charge on any atom is 0.105 e. The second kappa shape index (κ2) is 2.60. The first kappa shape index (κ1) is 7.30. The Kier molecular flexibility index (Phi) is 1.72. The van der Waals surface area contributed by atoms with Gasteiger partial charge in [-0.05, 0) is 34.7 Å². The first-order valence-corrected chi connectivity index (χ1v) is 5.02. The number of rotatable bonds is 0. The summed E-state index contributed by atoms with van der Waals surface area (Å²) in [5.74, 6) is 0. The standard InChI is InChI=1S/C7H5IN2S/c8-4-1-2-5(9)6-7(4)11-3-10-6/h1-3H,9H2. The number of nitrogens with two attached hydrogens (primary N) is 1. The van der Waals surface area contributed by atoms with Gasteiger partial charge in [-0.1, -0.05) is 0 Å². The van der Waals surface area contributed by atoms with Gasteiger partial charge in [0.05, 0.1) is 15.9 Å². The number of halogens is 1. The minimum absolute atomic E-state index is 0.765. The second-order valence-electron chi connectivity index (χ2n) is 2.17. The van der Waals surface area contributed by atoms with Gasteiger partial charge < -0.3 is 5.73 Å². The summed E-state index contributed by atoms with van der Waals surface area (Å²) in [6.45, 7) is 0. The maximum atomic E-state index is 5.71. The summed E-state index contributed by atoms with van der Waals surface area (Å²) in [4.78, 5) is 4.17. The van der Waals surface area contributed by atoms with Gasteiger partial charge in [0.2, 0.25) is 0 Å². The molecule has 0 fully saturated rings. The molecule has 56 valence electrons. The monoisotopic (exact) mass is 276 g/mol. The maximum absolute atomic E-state index is 5.71. The Morgan fingerprint density at radius 1 is 1.45 bits per heavy atom. The van der Waals surface area contributed by atoms with Crippen molar-refractivity contribution in [2.75, 3.05) is 5.73 Å². The van der Waals surface area contributed by atoms with Gasteiger partial charge in [-0.3, -0.25) is 0 Å². The largest absolute Gasteiger partial charge is 0.397 e. The van der Waals surface area contributed by atoms with Crippen molar-refractivity contribution < 1.29 is 0 Å². The van der Waals surface area contributed by atoms with E-state index in [1.165, 1.54) is 8.27 Å². The van der Waals surface area contributed by atoms with Crippen molar-refractivity contribution in [2.45, 2.75) is 0 Å². The number of hydrogen-bond acceptors (Lipinski definition) is 3. The van der Waals surface area contributed by atoms with Gasteiger partial charge in [0.15, 0.2) is 0 Å². The third-order valence-electron chi connectivity index (χ3n) is 1.47. The number of aromatic nitrogens is 1. The van der Waals surface area contributed by atoms with Crippen LogP contribution in [0.1, 0.15) is 0 Å². The topological polar surface area (TPSA) is 38.9 Å². The van der Waals surface area contributed by atoms with Crippen LogP contribution in [0.3, 0.4) is 0 Å². The number of hydrogen-bond donors (Lipinski definition) is 1. The molecule has 0 aliphatic heterocycles. The number of benzene rings is 1. The van der Waals surface area contributed by atoms with Crippen LogP contribution in [0.2, 0.25) is 0 Å². The molecule has 1 heterocycles. The molecular weight excluding hydrogens is 271 g/mol. The molecule has 2 rings (SSSR count). The molecule has 0 radical (unpaired) electrons. The molecule has 0 amide bonds. The van der Waals surface area contributed by atoms with E-state index < -0.39 is 0 Å². The van der Waals surface area contributed by atoms with Gasteiger partial charge in [0.1, 0.15) is 5.52 Å². The van der Waals surface area contributed by atoms with E-state index in [0.717, 1.165) is 11.2 Å². The molecule has 1 aromatic carbocycles. The molecule has 0 unspecified atom stereocenters. The SMILES string of the molecule is Nc1ccc(I)c2scnc12. The van der Waals surface area contributed by atoms with Gasteiger partial charge in [-0.2, -0.15) is 0 Å². The zero-order chi connectivity index (χ0) is 7.84. The summed E-state index contributed by atoms with van der Waals surface area (Å²) in [6, 6.07) is 3.90. The van der Waals surface area contributed by atoms with E-state index in [9.17, 15) is 0 Å². The van der Waals surface area contributed by atoms with Crippen LogP contribution in [0.4, 0.5) is 5.69 Å². The van der Waals surface area contributed by atoms with E-state index in [4.69, 9.17) is 5.73 Å². The summed E-state index contributed by atoms with van der Waals surface area (Å²) in [5, 5.41) is 0. The van der Waals surface area contributed by atoms with Crippen molar-refractivity contribution in [3.05, 3.63) is 21.2 Å². The number of nitrogens with zero attached hydrogens (tertiary/aromatic N) is 1. The summed E-state index contributed by atoms with van der Waals surface area (Å²) >= 11 is 3.92. The Hall–Kier alpha value is -0.360. The molecule has 11 heavy (non-hydrogen) atoms. The number of nitrogen functional groups attached to an aromatic ring is 1. The zero-order valence-corrected chi connectivity index (χ0v) is 8.52. The van der Waals surface area contributed by atoms with Gasteiger partial charge >= 0.3 is 0 Å². The highest BCUT2D eigenvalue weighted by atomic mass is 127. The summed E-state index contributed by atoms with van der Waals surface area (Å²) < 4.78 is 2.40. The third kappa shape index (κ3) is 1.10. The van der Waals surface area contributed by atoms with Crippen molar-refractivity contribution in [1.82, 2.24) is 4.98 Å². The lowest BCUT2D eigenvalue weighted by atomic mass is 10.3. The Morgan fingerprint density at radius 3 is 3.00 bits per heavy atom. The van der Waals surface area contributed by atoms with Crippen LogP contribution >= 0.6 is 33.9 Å². The molecule has 2 nitrogen and oxygen atoms in total. The fourth-order valence-electron chi connectivity index (χ4n) is 0.939. The van der Waals surface area contributed by atoms with Crippen LogP contribution in [-0.2, 0) is 0 Å². The zero-order valence-electron chi connectivity index (χ0n) is 5.54. The molecule has 0 aliphatic rings. The van der Waals surface area contributed by atoms with E-state index in [-0.39, 0.29) is 0 Å². The van der Waals surface area contributed by atoms with Crippen LogP contribution < -0.4 is 5.73 Å². The smallest absolute Gasteiger partial charge is 0.105 e. The lowest BCUT2D eigenvalue weighted by molar-refractivity contribution is 1.50. The van der Waals surface area contributed by atoms with Crippen LogP contribution in [0.5, 0.6) is 0 Å². The van der Waals surface area contributed by atoms with Crippen molar-refractivity contribution in [2.24, 2.45) is 0 Å². The van der Waals surface area contributed by atoms with E-state index >= 15 is 0 Å². The highest BCUT2D eigenvalue weighted by molar-refractivity contribution is 14.1. The van der Waals surface area contributed by atoms with Crippen molar-refractivity contribution >= 4 is 49.8 Å². The van der Waals surface area contributed by atoms with Crippen molar-refractivity contribution in [1.29, 1.82) is 0 Å². The first-order chi connectivity index (χ1) is 5.29. The van der Waals surface area contributed by atoms with Crippen LogP contribution in [0.25, 0.3) is 10.2 Å². The fraction of sp³-hybridized carbons (Fsp3) is 0. The molecular formula is C7H5IN2S. The molecule has 2 aromatic rings. The molecule has 4 heteroatoms. The van der Waals surface area contributed by atoms with Gasteiger partial charge in [-0.15, -0.1) is 11.3 Å². The van der Waals surface area contributed by atoms with E-state index in [1.54, 1.807) is 11.3 Å². The predicted molar refractivity (Wildman–Crippen MR) is 56.7 cm³/mol. The molecule has 0 atom stereocenters. The van der Waals surface area contributed by atoms with E-state index in [1.807, 2.05) is 17.6 Å². The molecule has 2 N–H and O–H groups in total. The van der Waals surface area contributed by atoms with Crippen LogP contribution in [-0.4, -0.2) is 4.98 Å². The Bertz CT molecular complexity index is 360. The lowest BCUT2D eigenvalue weighted by Gasteiger charge is -1.95. The summed E-state index contributed by atoms with van der Waals surface area (Å²) in [7, 11) is 0. The second-order valence-corrected chi connectivity index (χ2v) is 4.18. The van der Waals surface area contributed by atoms with Gasteiger partial charge in [0.25, 0.3) is 0 Å². The first-order valence-electron chi connectivity index (χ1n) is 3.06. The molecule has 0 bridgehead atoms. The number of anilines is 1. The molecule has 0 aliphatic carbocycles.